The van der Waals surface area contributed by atoms with Gasteiger partial charge in [-0.1, -0.05) is 11.6 Å². The summed E-state index contributed by atoms with van der Waals surface area (Å²) in [6.45, 7) is 4.16. The van der Waals surface area contributed by atoms with Gasteiger partial charge in [0.2, 0.25) is 0 Å². The van der Waals surface area contributed by atoms with Crippen LogP contribution in [0.5, 0.6) is 0 Å². The van der Waals surface area contributed by atoms with Gasteiger partial charge in [0.15, 0.2) is 0 Å². The molecule has 0 N–H and O–H groups in total. The van der Waals surface area contributed by atoms with E-state index in [0.717, 1.165) is 21.9 Å². The Morgan fingerprint density at radius 1 is 1.40 bits per heavy atom. The molecule has 0 amide bonds. The summed E-state index contributed by atoms with van der Waals surface area (Å²) in [7, 11) is 0. The summed E-state index contributed by atoms with van der Waals surface area (Å²) in [6, 6.07) is 5.78. The maximum Gasteiger partial charge on any atom is 0.125 e. The van der Waals surface area contributed by atoms with Crippen LogP contribution < -0.4 is 0 Å². The van der Waals surface area contributed by atoms with Crippen molar-refractivity contribution >= 4 is 45.6 Å². The third kappa shape index (κ3) is 2.32. The Balaban J connectivity index is 2.20. The highest BCUT2D eigenvalue weighted by Crippen LogP contribution is 2.30. The van der Waals surface area contributed by atoms with E-state index in [4.69, 9.17) is 23.2 Å². The minimum atomic E-state index is 0.0888. The predicted octanol–water partition coefficient (Wildman–Crippen LogP) is 4.80. The zero-order chi connectivity index (χ0) is 14.3. The molecular formula is C14H13Cl2N3S. The van der Waals surface area contributed by atoms with Crippen molar-refractivity contribution in [3.8, 4) is 0 Å². The highest BCUT2D eigenvalue weighted by molar-refractivity contribution is 7.11. The van der Waals surface area contributed by atoms with Crippen molar-refractivity contribution < 1.29 is 0 Å². The molecule has 0 spiro atoms. The average Bonchev–Trinajstić information content (AvgIpc) is 3.01. The summed E-state index contributed by atoms with van der Waals surface area (Å²) >= 11 is 13.8. The number of imidazole rings is 1. The number of thiazole rings is 1. The van der Waals surface area contributed by atoms with Gasteiger partial charge in [0.1, 0.15) is 10.8 Å². The molecule has 3 rings (SSSR count). The number of hydrogen-bond acceptors (Lipinski definition) is 3. The van der Waals surface area contributed by atoms with Crippen LogP contribution in [0.4, 0.5) is 0 Å². The molecule has 0 aliphatic carbocycles. The molecule has 0 bridgehead atoms. The number of fused-ring (bicyclic) bond motifs is 1. The molecular weight excluding hydrogens is 313 g/mol. The predicted molar refractivity (Wildman–Crippen MR) is 85.0 cm³/mol. The molecule has 1 unspecified atom stereocenters. The molecule has 0 fully saturated rings. The van der Waals surface area contributed by atoms with Crippen LogP contribution >= 0.6 is 34.5 Å². The lowest BCUT2D eigenvalue weighted by atomic mass is 10.3. The second kappa shape index (κ2) is 5.35. The van der Waals surface area contributed by atoms with Gasteiger partial charge >= 0.3 is 0 Å². The topological polar surface area (TPSA) is 30.7 Å². The molecule has 0 aliphatic heterocycles. The summed E-state index contributed by atoms with van der Waals surface area (Å²) in [4.78, 5) is 10.2. The highest BCUT2D eigenvalue weighted by atomic mass is 35.5. The molecule has 20 heavy (non-hydrogen) atoms. The van der Waals surface area contributed by atoms with Gasteiger partial charge in [0.25, 0.3) is 0 Å². The molecule has 1 atom stereocenters. The monoisotopic (exact) mass is 325 g/mol. The van der Waals surface area contributed by atoms with E-state index >= 15 is 0 Å². The zero-order valence-corrected chi connectivity index (χ0v) is 13.4. The van der Waals surface area contributed by atoms with Gasteiger partial charge in [-0.05, 0) is 32.0 Å². The summed E-state index contributed by atoms with van der Waals surface area (Å²) in [5.41, 5.74) is 1.90. The molecule has 2 aromatic heterocycles. The zero-order valence-electron chi connectivity index (χ0n) is 11.1. The Morgan fingerprint density at radius 2 is 2.20 bits per heavy atom. The van der Waals surface area contributed by atoms with E-state index in [0.29, 0.717) is 10.9 Å². The number of rotatable bonds is 3. The van der Waals surface area contributed by atoms with Crippen molar-refractivity contribution in [3.05, 3.63) is 45.1 Å². The molecule has 3 aromatic rings. The Bertz CT molecular complexity index is 763. The number of aryl methyl sites for hydroxylation is 1. The fourth-order valence-corrected chi connectivity index (χ4v) is 3.49. The fourth-order valence-electron chi connectivity index (χ4n) is 2.32. The summed E-state index contributed by atoms with van der Waals surface area (Å²) < 4.78 is 2.12. The summed E-state index contributed by atoms with van der Waals surface area (Å²) in [6.07, 6.45) is 1.89. The number of benzene rings is 1. The van der Waals surface area contributed by atoms with Crippen molar-refractivity contribution in [1.82, 2.24) is 14.5 Å². The minimum absolute atomic E-state index is 0.0888. The van der Waals surface area contributed by atoms with Crippen LogP contribution in [0.2, 0.25) is 5.02 Å². The first-order valence-electron chi connectivity index (χ1n) is 6.25. The molecule has 1 aromatic carbocycles. The number of nitrogens with zero attached hydrogens (tertiary/aromatic N) is 3. The van der Waals surface area contributed by atoms with Gasteiger partial charge in [-0.15, -0.1) is 22.9 Å². The van der Waals surface area contributed by atoms with Gasteiger partial charge in [-0.25, -0.2) is 9.97 Å². The molecule has 3 nitrogen and oxygen atoms in total. The standard InChI is InChI=1S/C14H13Cl2N3S/c1-8-7-17-14(20-8)9(2)19-12-5-10(16)3-4-11(12)18-13(19)6-15/h3-5,7,9H,6H2,1-2H3. The van der Waals surface area contributed by atoms with Gasteiger partial charge in [0, 0.05) is 16.1 Å². The quantitative estimate of drug-likeness (QED) is 0.647. The van der Waals surface area contributed by atoms with Crippen molar-refractivity contribution in [2.75, 3.05) is 0 Å². The highest BCUT2D eigenvalue weighted by Gasteiger charge is 2.19. The van der Waals surface area contributed by atoms with Crippen molar-refractivity contribution in [1.29, 1.82) is 0 Å². The third-order valence-corrected chi connectivity index (χ3v) is 4.79. The van der Waals surface area contributed by atoms with E-state index in [-0.39, 0.29) is 6.04 Å². The van der Waals surface area contributed by atoms with Crippen LogP contribution in [0, 0.1) is 6.92 Å². The Kier molecular flexibility index (Phi) is 3.71. The maximum absolute atomic E-state index is 6.11. The first-order valence-corrected chi connectivity index (χ1v) is 7.97. The maximum atomic E-state index is 6.11. The fraction of sp³-hybridized carbons (Fsp3) is 0.286. The molecule has 0 saturated carbocycles. The minimum Gasteiger partial charge on any atom is -0.317 e. The van der Waals surface area contributed by atoms with Crippen LogP contribution in [-0.2, 0) is 5.88 Å². The first-order chi connectivity index (χ1) is 9.60. The van der Waals surface area contributed by atoms with Crippen LogP contribution in [0.15, 0.2) is 24.4 Å². The SMILES string of the molecule is Cc1cnc(C(C)n2c(CCl)nc3ccc(Cl)cc32)s1. The number of aromatic nitrogens is 3. The lowest BCUT2D eigenvalue weighted by Crippen LogP contribution is -2.09. The Morgan fingerprint density at radius 3 is 2.85 bits per heavy atom. The summed E-state index contributed by atoms with van der Waals surface area (Å²) in [5, 5.41) is 1.75. The van der Waals surface area contributed by atoms with E-state index in [9.17, 15) is 0 Å². The molecule has 6 heteroatoms. The largest absolute Gasteiger partial charge is 0.317 e. The summed E-state index contributed by atoms with van der Waals surface area (Å²) in [5.74, 6) is 1.20. The Hall–Kier alpha value is -1.10. The van der Waals surface area contributed by atoms with Crippen LogP contribution in [0.1, 0.15) is 28.7 Å². The number of hydrogen-bond donors (Lipinski definition) is 0. The number of halogens is 2. The van der Waals surface area contributed by atoms with Gasteiger partial charge in [-0.3, -0.25) is 0 Å². The van der Waals surface area contributed by atoms with Gasteiger partial charge in [0.05, 0.1) is 23.0 Å². The van der Waals surface area contributed by atoms with E-state index in [1.54, 1.807) is 11.3 Å². The van der Waals surface area contributed by atoms with Crippen molar-refractivity contribution in [3.63, 3.8) is 0 Å². The lowest BCUT2D eigenvalue weighted by Gasteiger charge is -2.14. The van der Waals surface area contributed by atoms with Gasteiger partial charge in [-0.2, -0.15) is 0 Å². The van der Waals surface area contributed by atoms with Crippen molar-refractivity contribution in [2.45, 2.75) is 25.8 Å². The number of alkyl halides is 1. The second-order valence-corrected chi connectivity index (χ2v) is 6.62. The van der Waals surface area contributed by atoms with Gasteiger partial charge < -0.3 is 4.57 Å². The van der Waals surface area contributed by atoms with E-state index < -0.39 is 0 Å². The molecule has 104 valence electrons. The Labute approximate surface area is 131 Å². The molecule has 0 radical (unpaired) electrons. The molecule has 2 heterocycles. The van der Waals surface area contributed by atoms with E-state index in [1.165, 1.54) is 4.88 Å². The van der Waals surface area contributed by atoms with Crippen molar-refractivity contribution in [2.24, 2.45) is 0 Å². The smallest absolute Gasteiger partial charge is 0.125 e. The van der Waals surface area contributed by atoms with E-state index in [2.05, 4.69) is 28.4 Å². The first kappa shape index (κ1) is 13.9. The lowest BCUT2D eigenvalue weighted by molar-refractivity contribution is 0.630. The average molecular weight is 326 g/mol. The molecule has 0 saturated heterocycles. The van der Waals surface area contributed by atoms with E-state index in [1.807, 2.05) is 24.4 Å². The second-order valence-electron chi connectivity index (χ2n) is 4.65. The van der Waals surface area contributed by atoms with Crippen LogP contribution in [0.25, 0.3) is 11.0 Å². The van der Waals surface area contributed by atoms with Crippen LogP contribution in [-0.4, -0.2) is 14.5 Å². The third-order valence-electron chi connectivity index (χ3n) is 3.23. The molecule has 0 aliphatic rings. The normalized spacial score (nSPS) is 13.0. The van der Waals surface area contributed by atoms with Crippen LogP contribution in [0.3, 0.4) is 0 Å².